The van der Waals surface area contributed by atoms with Crippen molar-refractivity contribution in [1.29, 1.82) is 0 Å². The van der Waals surface area contributed by atoms with Crippen molar-refractivity contribution in [2.24, 2.45) is 0 Å². The second-order valence-corrected chi connectivity index (χ2v) is 6.68. The number of nitro benzene ring substituents is 1. The molecule has 1 aromatic heterocycles. The van der Waals surface area contributed by atoms with Crippen LogP contribution in [0.4, 0.5) is 5.69 Å². The highest BCUT2D eigenvalue weighted by molar-refractivity contribution is 5.81. The van der Waals surface area contributed by atoms with Crippen LogP contribution in [0.2, 0.25) is 0 Å². The van der Waals surface area contributed by atoms with Gasteiger partial charge < -0.3 is 14.6 Å². The number of aromatic nitrogens is 2. The van der Waals surface area contributed by atoms with Crippen LogP contribution >= 0.6 is 0 Å². The molecule has 1 atom stereocenters. The second kappa shape index (κ2) is 7.10. The molecule has 0 saturated carbocycles. The second-order valence-electron chi connectivity index (χ2n) is 6.68. The van der Waals surface area contributed by atoms with Crippen LogP contribution in [0.1, 0.15) is 17.2 Å². The summed E-state index contributed by atoms with van der Waals surface area (Å²) in [5, 5.41) is 26.7. The molecule has 9 heteroatoms. The van der Waals surface area contributed by atoms with Gasteiger partial charge >= 0.3 is 0 Å². The van der Waals surface area contributed by atoms with Gasteiger partial charge in [0.2, 0.25) is 0 Å². The first-order valence-electron chi connectivity index (χ1n) is 8.76. The summed E-state index contributed by atoms with van der Waals surface area (Å²) in [5.74, 6) is 1.33. The summed E-state index contributed by atoms with van der Waals surface area (Å²) in [6, 6.07) is 8.29. The van der Waals surface area contributed by atoms with Gasteiger partial charge in [-0.25, -0.2) is 0 Å². The number of aliphatic hydroxyl groups excluding tert-OH is 1. The molecule has 0 fully saturated rings. The highest BCUT2D eigenvalue weighted by Crippen LogP contribution is 2.39. The van der Waals surface area contributed by atoms with E-state index < -0.39 is 11.0 Å². The maximum Gasteiger partial charge on any atom is 0.270 e. The van der Waals surface area contributed by atoms with Gasteiger partial charge in [-0.3, -0.25) is 19.7 Å². The van der Waals surface area contributed by atoms with Crippen LogP contribution in [0.3, 0.4) is 0 Å². The van der Waals surface area contributed by atoms with E-state index in [0.29, 0.717) is 36.6 Å². The van der Waals surface area contributed by atoms with Gasteiger partial charge in [-0.1, -0.05) is 0 Å². The van der Waals surface area contributed by atoms with Gasteiger partial charge in [0.25, 0.3) is 5.69 Å². The van der Waals surface area contributed by atoms with Gasteiger partial charge in [-0.05, 0) is 18.2 Å². The Morgan fingerprint density at radius 2 is 2.00 bits per heavy atom. The molecule has 2 heterocycles. The van der Waals surface area contributed by atoms with E-state index in [4.69, 9.17) is 9.47 Å². The van der Waals surface area contributed by atoms with E-state index in [1.807, 2.05) is 11.0 Å². The van der Waals surface area contributed by atoms with E-state index in [1.54, 1.807) is 37.2 Å². The largest absolute Gasteiger partial charge is 0.496 e. The molecule has 1 aliphatic rings. The average Bonchev–Trinajstić information content (AvgIpc) is 3.09. The van der Waals surface area contributed by atoms with Gasteiger partial charge in [-0.15, -0.1) is 0 Å². The molecule has 0 radical (unpaired) electrons. The normalized spacial score (nSPS) is 16.8. The first-order chi connectivity index (χ1) is 13.5. The van der Waals surface area contributed by atoms with Crippen LogP contribution < -0.4 is 9.47 Å². The van der Waals surface area contributed by atoms with Crippen molar-refractivity contribution in [2.45, 2.75) is 19.3 Å². The third kappa shape index (κ3) is 3.04. The average molecular weight is 384 g/mol. The molecule has 2 aromatic carbocycles. The highest BCUT2D eigenvalue weighted by Gasteiger charge is 2.30. The summed E-state index contributed by atoms with van der Waals surface area (Å²) >= 11 is 0. The third-order valence-corrected chi connectivity index (χ3v) is 5.03. The number of rotatable bonds is 5. The summed E-state index contributed by atoms with van der Waals surface area (Å²) in [6.07, 6.45) is 0.886. The smallest absolute Gasteiger partial charge is 0.270 e. The standard InChI is InChI=1S/C19H20N4O5/c1-27-17-5-6-18(28-2)19-14(17)9-21(10-16(19)24)11-22-15-4-3-13(23(25)26)7-12(15)8-20-22/h3-8,16,24H,9-11H2,1-2H3/t16-/m1/s1. The molecule has 0 unspecified atom stereocenters. The summed E-state index contributed by atoms with van der Waals surface area (Å²) in [6.45, 7) is 1.39. The van der Waals surface area contributed by atoms with Crippen LogP contribution in [0.15, 0.2) is 36.5 Å². The van der Waals surface area contributed by atoms with E-state index in [9.17, 15) is 15.2 Å². The number of β-amino-alcohol motifs (C(OH)–C–C–N with tert-alkyl or cyclic N) is 1. The molecule has 1 N–H and O–H groups in total. The fraction of sp³-hybridized carbons (Fsp3) is 0.316. The van der Waals surface area contributed by atoms with E-state index in [-0.39, 0.29) is 5.69 Å². The Kier molecular flexibility index (Phi) is 4.62. The first kappa shape index (κ1) is 18.2. The first-order valence-corrected chi connectivity index (χ1v) is 8.76. The maximum absolute atomic E-state index is 11.0. The van der Waals surface area contributed by atoms with Crippen molar-refractivity contribution < 1.29 is 19.5 Å². The fourth-order valence-electron chi connectivity index (χ4n) is 3.74. The molecule has 3 aromatic rings. The zero-order chi connectivity index (χ0) is 19.8. The van der Waals surface area contributed by atoms with Crippen molar-refractivity contribution >= 4 is 16.6 Å². The number of aliphatic hydroxyl groups is 1. The molecular formula is C19H20N4O5. The summed E-state index contributed by atoms with van der Waals surface area (Å²) in [7, 11) is 3.18. The zero-order valence-electron chi connectivity index (χ0n) is 15.5. The van der Waals surface area contributed by atoms with Crippen molar-refractivity contribution in [3.8, 4) is 11.5 Å². The third-order valence-electron chi connectivity index (χ3n) is 5.03. The summed E-state index contributed by atoms with van der Waals surface area (Å²) in [5.41, 5.74) is 2.46. The predicted molar refractivity (Wildman–Crippen MR) is 101 cm³/mol. The van der Waals surface area contributed by atoms with Crippen LogP contribution in [0.5, 0.6) is 11.5 Å². The number of nitrogens with zero attached hydrogens (tertiary/aromatic N) is 4. The van der Waals surface area contributed by atoms with E-state index in [1.165, 1.54) is 12.1 Å². The number of non-ortho nitro benzene ring substituents is 1. The monoisotopic (exact) mass is 384 g/mol. The fourth-order valence-corrected chi connectivity index (χ4v) is 3.74. The Morgan fingerprint density at radius 1 is 1.25 bits per heavy atom. The number of fused-ring (bicyclic) bond motifs is 2. The van der Waals surface area contributed by atoms with Gasteiger partial charge in [0.1, 0.15) is 11.5 Å². The summed E-state index contributed by atoms with van der Waals surface area (Å²) in [4.78, 5) is 12.6. The molecule has 0 bridgehead atoms. The van der Waals surface area contributed by atoms with Gasteiger partial charge in [-0.2, -0.15) is 5.10 Å². The maximum atomic E-state index is 11.0. The number of nitro groups is 1. The molecule has 146 valence electrons. The highest BCUT2D eigenvalue weighted by atomic mass is 16.6. The molecule has 4 rings (SSSR count). The predicted octanol–water partition coefficient (Wildman–Crippen LogP) is 2.47. The minimum atomic E-state index is -0.725. The van der Waals surface area contributed by atoms with E-state index >= 15 is 0 Å². The Balaban J connectivity index is 1.64. The molecular weight excluding hydrogens is 364 g/mol. The van der Waals surface area contributed by atoms with Crippen LogP contribution in [0, 0.1) is 10.1 Å². The molecule has 1 aliphatic heterocycles. The molecule has 0 spiro atoms. The Morgan fingerprint density at radius 3 is 2.71 bits per heavy atom. The number of hydrogen-bond acceptors (Lipinski definition) is 7. The van der Waals surface area contributed by atoms with Crippen molar-refractivity contribution in [3.05, 3.63) is 57.8 Å². The number of ether oxygens (including phenoxy) is 2. The lowest BCUT2D eigenvalue weighted by molar-refractivity contribution is -0.384. The number of hydrogen-bond donors (Lipinski definition) is 1. The molecule has 28 heavy (non-hydrogen) atoms. The van der Waals surface area contributed by atoms with Crippen LogP contribution in [-0.4, -0.2) is 45.5 Å². The van der Waals surface area contributed by atoms with Crippen molar-refractivity contribution in [3.63, 3.8) is 0 Å². The number of methoxy groups -OCH3 is 2. The molecule has 0 aliphatic carbocycles. The minimum absolute atomic E-state index is 0.0335. The number of benzene rings is 2. The quantitative estimate of drug-likeness (QED) is 0.532. The lowest BCUT2D eigenvalue weighted by Crippen LogP contribution is -2.35. The van der Waals surface area contributed by atoms with Crippen LogP contribution in [0.25, 0.3) is 10.9 Å². The van der Waals surface area contributed by atoms with E-state index in [2.05, 4.69) is 5.10 Å². The molecule has 9 nitrogen and oxygen atoms in total. The molecule has 0 amide bonds. The summed E-state index contributed by atoms with van der Waals surface area (Å²) < 4.78 is 12.6. The van der Waals surface area contributed by atoms with E-state index in [0.717, 1.165) is 16.6 Å². The lowest BCUT2D eigenvalue weighted by atomic mass is 9.95. The SMILES string of the molecule is COc1ccc(OC)c2c1CN(Cn1ncc3cc([N+](=O)[O-])ccc31)C[C@H]2O. The Hall–Kier alpha value is -3.17. The Bertz CT molecular complexity index is 1050. The van der Waals surface area contributed by atoms with Crippen LogP contribution in [-0.2, 0) is 13.2 Å². The van der Waals surface area contributed by atoms with Gasteiger partial charge in [0, 0.05) is 41.7 Å². The zero-order valence-corrected chi connectivity index (χ0v) is 15.5. The van der Waals surface area contributed by atoms with Crippen molar-refractivity contribution in [2.75, 3.05) is 20.8 Å². The molecule has 0 saturated heterocycles. The topological polar surface area (TPSA) is 103 Å². The lowest BCUT2D eigenvalue weighted by Gasteiger charge is -2.33. The minimum Gasteiger partial charge on any atom is -0.496 e. The van der Waals surface area contributed by atoms with Gasteiger partial charge in [0.05, 0.1) is 43.6 Å². The van der Waals surface area contributed by atoms with Crippen molar-refractivity contribution in [1.82, 2.24) is 14.7 Å². The van der Waals surface area contributed by atoms with Gasteiger partial charge in [0.15, 0.2) is 0 Å². The Labute approximate surface area is 160 Å².